The molecule has 0 bridgehead atoms. The van der Waals surface area contributed by atoms with Crippen molar-refractivity contribution in [3.8, 4) is 5.75 Å². The quantitative estimate of drug-likeness (QED) is 0.181. The number of carbonyl (C=O) groups is 2. The van der Waals surface area contributed by atoms with Gasteiger partial charge in [0.05, 0.1) is 18.2 Å². The molecule has 3 atom stereocenters. The zero-order valence-corrected chi connectivity index (χ0v) is 23.8. The number of hydrogen-bond donors (Lipinski definition) is 3. The molecule has 1 aliphatic heterocycles. The Morgan fingerprint density at radius 1 is 1.07 bits per heavy atom. The highest BCUT2D eigenvalue weighted by Gasteiger charge is 2.32. The van der Waals surface area contributed by atoms with Gasteiger partial charge in [-0.1, -0.05) is 56.3 Å². The van der Waals surface area contributed by atoms with Crippen LogP contribution in [0.25, 0.3) is 0 Å². The number of aliphatic imine (C=N–C) groups is 1. The number of carbonyl (C=O) groups excluding carboxylic acids is 2. The van der Waals surface area contributed by atoms with Gasteiger partial charge in [0.2, 0.25) is 6.41 Å². The average Bonchev–Trinajstić information content (AvgIpc) is 3.05. The molecule has 2 heterocycles. The number of nitroso groups, excluding NO2 is 1. The molecule has 2 aromatic carbocycles. The van der Waals surface area contributed by atoms with Gasteiger partial charge in [0.15, 0.2) is 17.9 Å². The Hall–Kier alpha value is -4.79. The van der Waals surface area contributed by atoms with Crippen LogP contribution in [-0.2, 0) is 9.47 Å². The van der Waals surface area contributed by atoms with Crippen molar-refractivity contribution < 1.29 is 28.9 Å². The maximum Gasteiger partial charge on any atom is 0.320 e. The number of aromatic nitrogens is 2. The minimum absolute atomic E-state index is 0.0239. The summed E-state index contributed by atoms with van der Waals surface area (Å²) in [5.41, 5.74) is 0.808. The van der Waals surface area contributed by atoms with Crippen LogP contribution in [0.2, 0.25) is 0 Å². The maximum atomic E-state index is 12.3. The van der Waals surface area contributed by atoms with E-state index in [1.807, 2.05) is 19.9 Å². The Morgan fingerprint density at radius 2 is 1.84 bits per heavy atom. The second-order valence-electron chi connectivity index (χ2n) is 9.32. The van der Waals surface area contributed by atoms with Crippen LogP contribution in [0.5, 0.6) is 5.75 Å². The molecule has 1 aromatic heterocycles. The molecular formula is C29H33N7O7. The van der Waals surface area contributed by atoms with Gasteiger partial charge < -0.3 is 29.5 Å². The molecule has 0 radical (unpaired) electrons. The molecule has 14 heteroatoms. The van der Waals surface area contributed by atoms with E-state index in [1.165, 1.54) is 12.4 Å². The number of hydrogen-bond acceptors (Lipinski definition) is 11. The monoisotopic (exact) mass is 591 g/mol. The molecule has 43 heavy (non-hydrogen) atoms. The lowest BCUT2D eigenvalue weighted by Crippen LogP contribution is -2.46. The van der Waals surface area contributed by atoms with Crippen molar-refractivity contribution >= 4 is 35.5 Å². The molecule has 226 valence electrons. The molecule has 14 nitrogen and oxygen atoms in total. The van der Waals surface area contributed by atoms with E-state index in [0.717, 1.165) is 6.42 Å². The predicted octanol–water partition coefficient (Wildman–Crippen LogP) is 4.30. The van der Waals surface area contributed by atoms with Gasteiger partial charge in [0, 0.05) is 23.5 Å². The molecule has 0 saturated carbocycles. The molecule has 0 saturated heterocycles. The van der Waals surface area contributed by atoms with Crippen LogP contribution >= 0.6 is 0 Å². The molecule has 1 aliphatic rings. The van der Waals surface area contributed by atoms with E-state index in [4.69, 9.17) is 14.2 Å². The lowest BCUT2D eigenvalue weighted by molar-refractivity contribution is -0.248. The zero-order valence-electron chi connectivity index (χ0n) is 23.8. The largest absolute Gasteiger partial charge is 0.490 e. The van der Waals surface area contributed by atoms with Crippen LogP contribution in [0.4, 0.5) is 22.1 Å². The summed E-state index contributed by atoms with van der Waals surface area (Å²) in [5, 5.41) is 18.9. The highest BCUT2D eigenvalue weighted by Crippen LogP contribution is 2.36. The highest BCUT2D eigenvalue weighted by molar-refractivity contribution is 5.97. The fourth-order valence-electron chi connectivity index (χ4n) is 4.08. The second-order valence-corrected chi connectivity index (χ2v) is 9.32. The summed E-state index contributed by atoms with van der Waals surface area (Å²) in [6.45, 7) is 4.46. The number of nitrogens with one attached hydrogen (secondary N) is 2. The molecule has 2 unspecified atom stereocenters. The summed E-state index contributed by atoms with van der Waals surface area (Å²) < 4.78 is 18.2. The smallest absolute Gasteiger partial charge is 0.320 e. The van der Waals surface area contributed by atoms with Crippen molar-refractivity contribution in [3.63, 3.8) is 0 Å². The van der Waals surface area contributed by atoms with Gasteiger partial charge in [0.25, 0.3) is 0 Å². The number of fused-ring (bicyclic) bond motifs is 1. The van der Waals surface area contributed by atoms with Crippen molar-refractivity contribution in [3.05, 3.63) is 77.0 Å². The van der Waals surface area contributed by atoms with Crippen molar-refractivity contribution in [2.45, 2.75) is 45.5 Å². The number of aliphatic hydroxyl groups is 1. The Balaban J connectivity index is 1.59. The summed E-state index contributed by atoms with van der Waals surface area (Å²) >= 11 is 0. The SMILES string of the molecule is CCCNC(=O)Nc1ncnc2c1N=CCN2C(OC(CC)COc1ccccc1C(=O)N=O)O[C@H](O)c1ccccc1. The van der Waals surface area contributed by atoms with Crippen LogP contribution in [0.3, 0.4) is 0 Å². The molecule has 3 amide bonds. The van der Waals surface area contributed by atoms with Gasteiger partial charge in [-0.25, -0.2) is 14.8 Å². The fourth-order valence-corrected chi connectivity index (χ4v) is 4.08. The maximum absolute atomic E-state index is 12.3. The van der Waals surface area contributed by atoms with Gasteiger partial charge in [-0.3, -0.25) is 15.1 Å². The molecule has 0 aliphatic carbocycles. The molecule has 3 N–H and O–H groups in total. The Morgan fingerprint density at radius 3 is 2.58 bits per heavy atom. The normalized spacial score (nSPS) is 14.3. The summed E-state index contributed by atoms with van der Waals surface area (Å²) in [5.74, 6) is -0.288. The van der Waals surface area contributed by atoms with Crippen molar-refractivity contribution in [2.75, 3.05) is 29.9 Å². The summed E-state index contributed by atoms with van der Waals surface area (Å²) in [6.07, 6.45) is 0.888. The van der Waals surface area contributed by atoms with Crippen LogP contribution < -0.4 is 20.3 Å². The lowest BCUT2D eigenvalue weighted by Gasteiger charge is -2.36. The zero-order chi connectivity index (χ0) is 30.6. The summed E-state index contributed by atoms with van der Waals surface area (Å²) in [4.78, 5) is 49.7. The van der Waals surface area contributed by atoms with Crippen molar-refractivity contribution in [1.29, 1.82) is 0 Å². The topological polar surface area (TPSA) is 177 Å². The number of amides is 3. The third kappa shape index (κ3) is 8.16. The Kier molecular flexibility index (Phi) is 11.2. The number of anilines is 2. The molecular weight excluding hydrogens is 558 g/mol. The molecule has 0 fully saturated rings. The van der Waals surface area contributed by atoms with Gasteiger partial charge in [-0.2, -0.15) is 0 Å². The van der Waals surface area contributed by atoms with E-state index in [-0.39, 0.29) is 36.0 Å². The minimum Gasteiger partial charge on any atom is -0.490 e. The summed E-state index contributed by atoms with van der Waals surface area (Å²) in [6, 6.07) is 14.6. The van der Waals surface area contributed by atoms with Gasteiger partial charge in [-0.05, 0) is 25.0 Å². The van der Waals surface area contributed by atoms with Gasteiger partial charge in [-0.15, -0.1) is 4.91 Å². The number of rotatable bonds is 14. The van der Waals surface area contributed by atoms with Gasteiger partial charge >= 0.3 is 11.9 Å². The van der Waals surface area contributed by atoms with Crippen molar-refractivity contribution in [1.82, 2.24) is 15.3 Å². The van der Waals surface area contributed by atoms with Crippen LogP contribution in [-0.4, -0.2) is 65.4 Å². The number of nitrogens with zero attached hydrogens (tertiary/aromatic N) is 5. The van der Waals surface area contributed by atoms with E-state index >= 15 is 0 Å². The molecule has 0 spiro atoms. The van der Waals surface area contributed by atoms with E-state index < -0.39 is 30.7 Å². The van der Waals surface area contributed by atoms with E-state index in [2.05, 4.69) is 30.8 Å². The predicted molar refractivity (Wildman–Crippen MR) is 158 cm³/mol. The van der Waals surface area contributed by atoms with Crippen LogP contribution in [0.1, 0.15) is 48.9 Å². The van der Waals surface area contributed by atoms with E-state index in [9.17, 15) is 19.6 Å². The fraction of sp³-hybridized carbons (Fsp3) is 0.345. The third-order valence-corrected chi connectivity index (χ3v) is 6.32. The number of aliphatic hydroxyl groups excluding tert-OH is 1. The van der Waals surface area contributed by atoms with Gasteiger partial charge in [0.1, 0.15) is 24.4 Å². The van der Waals surface area contributed by atoms with Crippen molar-refractivity contribution in [2.24, 2.45) is 10.2 Å². The van der Waals surface area contributed by atoms with Crippen LogP contribution in [0, 0.1) is 4.91 Å². The van der Waals surface area contributed by atoms with Crippen LogP contribution in [0.15, 0.2) is 71.1 Å². The minimum atomic E-state index is -1.37. The summed E-state index contributed by atoms with van der Waals surface area (Å²) in [7, 11) is 0. The lowest BCUT2D eigenvalue weighted by atomic mass is 10.2. The Bertz CT molecular complexity index is 1420. The number of para-hydroxylation sites is 1. The number of urea groups is 1. The first-order valence-electron chi connectivity index (χ1n) is 13.8. The Labute approximate surface area is 248 Å². The average molecular weight is 592 g/mol. The van der Waals surface area contributed by atoms with E-state index in [1.54, 1.807) is 53.6 Å². The van der Waals surface area contributed by atoms with E-state index in [0.29, 0.717) is 24.3 Å². The molecule has 3 aromatic rings. The third-order valence-electron chi connectivity index (χ3n) is 6.32. The second kappa shape index (κ2) is 15.4. The number of benzene rings is 2. The standard InChI is InChI=1S/C29H33N7O7/c1-3-14-31-28(39)34-24-23-25(33-18-32-24)36(16-15-30-23)29(43-27(38)19-10-6-5-7-11-19)42-20(4-2)17-41-22-13-9-8-12-21(22)26(37)35-40/h5-13,15,18,20,27,29,38H,3-4,14,16-17H2,1-2H3,(H2,31,32,33,34,39)/t20?,27-,29?/m0/s1. The number of ether oxygens (including phenoxy) is 3. The first-order chi connectivity index (χ1) is 20.9. The highest BCUT2D eigenvalue weighted by atomic mass is 16.8. The molecule has 4 rings (SSSR count). The first-order valence-corrected chi connectivity index (χ1v) is 13.8. The first kappa shape index (κ1) is 31.2.